The summed E-state index contributed by atoms with van der Waals surface area (Å²) in [6.07, 6.45) is 2.87. The van der Waals surface area contributed by atoms with Crippen molar-refractivity contribution in [2.75, 3.05) is 13.2 Å². The first-order valence-corrected chi connectivity index (χ1v) is 7.56. The van der Waals surface area contributed by atoms with Gasteiger partial charge in [-0.15, -0.1) is 11.6 Å². The highest BCUT2D eigenvalue weighted by Crippen LogP contribution is 2.23. The fourth-order valence-electron chi connectivity index (χ4n) is 2.08. The number of halogens is 1. The maximum Gasteiger partial charge on any atom is 0.160 e. The number of hydrogen-bond donors (Lipinski definition) is 0. The molecule has 2 heterocycles. The summed E-state index contributed by atoms with van der Waals surface area (Å²) in [7, 11) is 0. The van der Waals surface area contributed by atoms with Crippen LogP contribution in [0.15, 0.2) is 18.3 Å². The van der Waals surface area contributed by atoms with Crippen molar-refractivity contribution in [2.24, 2.45) is 5.92 Å². The standard InChI is InChI=1S/C15H22ClN3O/c1-11(2)6-9-20-10-8-19-14(12(3)16)18-13-5-4-7-17-15(13)19/h4-5,7,11-12H,6,8-10H2,1-3H3. The highest BCUT2D eigenvalue weighted by Gasteiger charge is 2.15. The summed E-state index contributed by atoms with van der Waals surface area (Å²) in [5.41, 5.74) is 1.76. The van der Waals surface area contributed by atoms with Crippen LogP contribution >= 0.6 is 11.6 Å². The van der Waals surface area contributed by atoms with Gasteiger partial charge in [0, 0.05) is 19.3 Å². The number of pyridine rings is 1. The van der Waals surface area contributed by atoms with Crippen molar-refractivity contribution in [1.82, 2.24) is 14.5 Å². The van der Waals surface area contributed by atoms with E-state index in [9.17, 15) is 0 Å². The van der Waals surface area contributed by atoms with Gasteiger partial charge in [-0.05, 0) is 31.4 Å². The molecule has 2 rings (SSSR count). The number of hydrogen-bond acceptors (Lipinski definition) is 3. The van der Waals surface area contributed by atoms with E-state index in [1.165, 1.54) is 0 Å². The molecule has 0 amide bonds. The quantitative estimate of drug-likeness (QED) is 0.576. The molecule has 0 fully saturated rings. The first-order chi connectivity index (χ1) is 9.59. The van der Waals surface area contributed by atoms with Crippen molar-refractivity contribution in [3.63, 3.8) is 0 Å². The van der Waals surface area contributed by atoms with Crippen LogP contribution in [-0.4, -0.2) is 27.7 Å². The van der Waals surface area contributed by atoms with Crippen molar-refractivity contribution in [2.45, 2.75) is 39.1 Å². The van der Waals surface area contributed by atoms with Gasteiger partial charge in [-0.25, -0.2) is 9.97 Å². The lowest BCUT2D eigenvalue weighted by molar-refractivity contribution is 0.116. The number of ether oxygens (including phenoxy) is 1. The van der Waals surface area contributed by atoms with E-state index in [2.05, 4.69) is 28.4 Å². The van der Waals surface area contributed by atoms with Gasteiger partial charge in [0.2, 0.25) is 0 Å². The Morgan fingerprint density at radius 2 is 2.10 bits per heavy atom. The lowest BCUT2D eigenvalue weighted by atomic mass is 10.1. The number of rotatable bonds is 7. The van der Waals surface area contributed by atoms with Crippen LogP contribution in [-0.2, 0) is 11.3 Å². The van der Waals surface area contributed by atoms with E-state index >= 15 is 0 Å². The Morgan fingerprint density at radius 3 is 2.80 bits per heavy atom. The molecule has 20 heavy (non-hydrogen) atoms. The fourth-order valence-corrected chi connectivity index (χ4v) is 2.24. The average Bonchev–Trinajstić information content (AvgIpc) is 2.77. The Kier molecular flexibility index (Phi) is 5.38. The van der Waals surface area contributed by atoms with Crippen LogP contribution in [0, 0.1) is 5.92 Å². The predicted octanol–water partition coefficient (Wildman–Crippen LogP) is 3.79. The minimum absolute atomic E-state index is 0.139. The third-order valence-corrected chi connectivity index (χ3v) is 3.38. The average molecular weight is 296 g/mol. The van der Waals surface area contributed by atoms with E-state index in [0.29, 0.717) is 12.5 Å². The zero-order chi connectivity index (χ0) is 14.5. The molecule has 0 aliphatic rings. The summed E-state index contributed by atoms with van der Waals surface area (Å²) in [6, 6.07) is 3.85. The summed E-state index contributed by atoms with van der Waals surface area (Å²) in [4.78, 5) is 8.95. The minimum Gasteiger partial charge on any atom is -0.380 e. The van der Waals surface area contributed by atoms with E-state index in [4.69, 9.17) is 16.3 Å². The van der Waals surface area contributed by atoms with E-state index in [1.807, 2.05) is 19.1 Å². The predicted molar refractivity (Wildman–Crippen MR) is 82.1 cm³/mol. The molecule has 2 aromatic rings. The third-order valence-electron chi connectivity index (χ3n) is 3.19. The molecule has 5 heteroatoms. The van der Waals surface area contributed by atoms with Crippen molar-refractivity contribution in [3.8, 4) is 0 Å². The highest BCUT2D eigenvalue weighted by atomic mass is 35.5. The number of aromatic nitrogens is 3. The largest absolute Gasteiger partial charge is 0.380 e. The molecular formula is C15H22ClN3O. The molecule has 4 nitrogen and oxygen atoms in total. The van der Waals surface area contributed by atoms with Gasteiger partial charge in [-0.1, -0.05) is 13.8 Å². The van der Waals surface area contributed by atoms with Crippen LogP contribution in [0.25, 0.3) is 11.2 Å². The normalized spacial score (nSPS) is 13.2. The van der Waals surface area contributed by atoms with Crippen LogP contribution in [0.2, 0.25) is 0 Å². The summed E-state index contributed by atoms with van der Waals surface area (Å²) in [6.45, 7) is 8.51. The molecule has 0 radical (unpaired) electrons. The number of nitrogens with zero attached hydrogens (tertiary/aromatic N) is 3. The van der Waals surface area contributed by atoms with Crippen molar-refractivity contribution in [1.29, 1.82) is 0 Å². The zero-order valence-corrected chi connectivity index (χ0v) is 13.1. The van der Waals surface area contributed by atoms with E-state index in [-0.39, 0.29) is 5.38 Å². The van der Waals surface area contributed by atoms with Crippen LogP contribution in [0.5, 0.6) is 0 Å². The van der Waals surface area contributed by atoms with Crippen molar-refractivity contribution in [3.05, 3.63) is 24.2 Å². The van der Waals surface area contributed by atoms with E-state index < -0.39 is 0 Å². The van der Waals surface area contributed by atoms with Gasteiger partial charge < -0.3 is 9.30 Å². The van der Waals surface area contributed by atoms with Gasteiger partial charge >= 0.3 is 0 Å². The van der Waals surface area contributed by atoms with Gasteiger partial charge in [0.05, 0.1) is 12.0 Å². The second-order valence-electron chi connectivity index (χ2n) is 5.38. The molecule has 0 saturated heterocycles. The molecule has 2 aromatic heterocycles. The molecule has 0 aliphatic carbocycles. The van der Waals surface area contributed by atoms with Crippen LogP contribution in [0.4, 0.5) is 0 Å². The lowest BCUT2D eigenvalue weighted by Crippen LogP contribution is -2.11. The maximum atomic E-state index is 6.21. The Labute approximate surface area is 125 Å². The number of fused-ring (bicyclic) bond motifs is 1. The summed E-state index contributed by atoms with van der Waals surface area (Å²) in [5, 5.41) is -0.139. The van der Waals surface area contributed by atoms with Gasteiger partial charge in [0.1, 0.15) is 11.3 Å². The molecular weight excluding hydrogens is 274 g/mol. The van der Waals surface area contributed by atoms with E-state index in [0.717, 1.165) is 36.6 Å². The van der Waals surface area contributed by atoms with Crippen molar-refractivity contribution >= 4 is 22.8 Å². The highest BCUT2D eigenvalue weighted by molar-refractivity contribution is 6.20. The molecule has 1 unspecified atom stereocenters. The third kappa shape index (κ3) is 3.70. The molecule has 0 saturated carbocycles. The molecule has 1 atom stereocenters. The molecule has 0 bridgehead atoms. The molecule has 110 valence electrons. The van der Waals surface area contributed by atoms with Gasteiger partial charge in [-0.3, -0.25) is 0 Å². The fraction of sp³-hybridized carbons (Fsp3) is 0.600. The van der Waals surface area contributed by atoms with E-state index in [1.54, 1.807) is 6.20 Å². The van der Waals surface area contributed by atoms with Gasteiger partial charge in [0.15, 0.2) is 5.65 Å². The van der Waals surface area contributed by atoms with Crippen molar-refractivity contribution < 1.29 is 4.74 Å². The first-order valence-electron chi connectivity index (χ1n) is 7.12. The maximum absolute atomic E-state index is 6.21. The summed E-state index contributed by atoms with van der Waals surface area (Å²) in [5.74, 6) is 1.52. The lowest BCUT2D eigenvalue weighted by Gasteiger charge is -2.11. The molecule has 0 spiro atoms. The Bertz CT molecular complexity index is 551. The Morgan fingerprint density at radius 1 is 1.30 bits per heavy atom. The second kappa shape index (κ2) is 7.04. The van der Waals surface area contributed by atoms with Crippen LogP contribution in [0.1, 0.15) is 38.4 Å². The Hall–Kier alpha value is -1.13. The molecule has 0 aliphatic heterocycles. The second-order valence-corrected chi connectivity index (χ2v) is 6.03. The Balaban J connectivity index is 2.06. The monoisotopic (exact) mass is 295 g/mol. The number of alkyl halides is 1. The summed E-state index contributed by atoms with van der Waals surface area (Å²) < 4.78 is 7.74. The molecule has 0 N–H and O–H groups in total. The zero-order valence-electron chi connectivity index (χ0n) is 12.3. The van der Waals surface area contributed by atoms with Crippen LogP contribution in [0.3, 0.4) is 0 Å². The minimum atomic E-state index is -0.139. The van der Waals surface area contributed by atoms with Gasteiger partial charge in [0.25, 0.3) is 0 Å². The van der Waals surface area contributed by atoms with Crippen LogP contribution < -0.4 is 0 Å². The van der Waals surface area contributed by atoms with Gasteiger partial charge in [-0.2, -0.15) is 0 Å². The number of imidazole rings is 1. The SMILES string of the molecule is CC(C)CCOCCn1c(C(C)Cl)nc2cccnc21. The topological polar surface area (TPSA) is 39.9 Å². The summed E-state index contributed by atoms with van der Waals surface area (Å²) >= 11 is 6.21. The molecule has 0 aromatic carbocycles. The smallest absolute Gasteiger partial charge is 0.160 e. The first kappa shape index (κ1) is 15.3.